The van der Waals surface area contributed by atoms with E-state index in [0.29, 0.717) is 11.4 Å². The van der Waals surface area contributed by atoms with E-state index in [0.717, 1.165) is 23.4 Å². The second-order valence-corrected chi connectivity index (χ2v) is 4.75. The van der Waals surface area contributed by atoms with Gasteiger partial charge in [0.25, 0.3) is 0 Å². The minimum absolute atomic E-state index is 0.512. The molecule has 0 aliphatic rings. The molecule has 0 aromatic heterocycles. The number of carboxylic acids is 1. The van der Waals surface area contributed by atoms with Crippen LogP contribution in [0, 0.1) is 6.92 Å². The molecule has 0 radical (unpaired) electrons. The maximum Gasteiger partial charge on any atom is 0.328 e. The number of benzene rings is 2. The summed E-state index contributed by atoms with van der Waals surface area (Å²) in [4.78, 5) is 21.8. The molecule has 2 N–H and O–H groups in total. The molecule has 0 saturated carbocycles. The minimum atomic E-state index is -1.17. The summed E-state index contributed by atoms with van der Waals surface area (Å²) in [6.07, 6.45) is 1.73. The van der Waals surface area contributed by atoms with Crippen molar-refractivity contribution in [2.45, 2.75) is 6.92 Å². The second-order valence-electron chi connectivity index (χ2n) is 4.75. The van der Waals surface area contributed by atoms with Gasteiger partial charge in [0, 0.05) is 17.8 Å². The maximum atomic E-state index is 11.4. The standard InChI is InChI=1S/C17H15N3O3/c1-12-3-2-4-15(11-12)20-19-14-7-5-13(6-8-14)18-16(21)9-10-17(22)23/h2-11H,1H3,(H,18,21)(H,22,23)/b10-9+,20-19?. The highest BCUT2D eigenvalue weighted by Gasteiger charge is 1.99. The average molecular weight is 309 g/mol. The summed E-state index contributed by atoms with van der Waals surface area (Å²) < 4.78 is 0. The molecule has 0 saturated heterocycles. The zero-order chi connectivity index (χ0) is 16.7. The van der Waals surface area contributed by atoms with E-state index >= 15 is 0 Å². The largest absolute Gasteiger partial charge is 0.478 e. The molecule has 23 heavy (non-hydrogen) atoms. The molecule has 2 aromatic rings. The molecule has 0 atom stereocenters. The van der Waals surface area contributed by atoms with Gasteiger partial charge >= 0.3 is 5.97 Å². The van der Waals surface area contributed by atoms with Gasteiger partial charge in [0.2, 0.25) is 5.91 Å². The molecule has 0 bridgehead atoms. The Balaban J connectivity index is 1.99. The molecular formula is C17H15N3O3. The van der Waals surface area contributed by atoms with E-state index < -0.39 is 11.9 Å². The number of aliphatic carboxylic acids is 1. The predicted octanol–water partition coefficient (Wildman–Crippen LogP) is 3.99. The van der Waals surface area contributed by atoms with Gasteiger partial charge in [0.05, 0.1) is 11.4 Å². The van der Waals surface area contributed by atoms with Crippen LogP contribution in [0.2, 0.25) is 0 Å². The van der Waals surface area contributed by atoms with Crippen molar-refractivity contribution in [2.75, 3.05) is 5.32 Å². The number of nitrogens with zero attached hydrogens (tertiary/aromatic N) is 2. The molecule has 0 aliphatic carbocycles. The lowest BCUT2D eigenvalue weighted by Gasteiger charge is -2.01. The lowest BCUT2D eigenvalue weighted by Crippen LogP contribution is -2.08. The summed E-state index contributed by atoms with van der Waals surface area (Å²) in [5, 5.41) is 19.2. The summed E-state index contributed by atoms with van der Waals surface area (Å²) in [5.74, 6) is -1.69. The first-order chi connectivity index (χ1) is 11.0. The van der Waals surface area contributed by atoms with Crippen molar-refractivity contribution in [1.29, 1.82) is 0 Å². The van der Waals surface area contributed by atoms with Gasteiger partial charge in [-0.3, -0.25) is 4.79 Å². The first-order valence-electron chi connectivity index (χ1n) is 6.83. The quantitative estimate of drug-likeness (QED) is 0.646. The molecule has 1 amide bonds. The van der Waals surface area contributed by atoms with Crippen LogP contribution in [0.25, 0.3) is 0 Å². The number of nitrogens with one attached hydrogen (secondary N) is 1. The van der Waals surface area contributed by atoms with Crippen LogP contribution in [-0.2, 0) is 9.59 Å². The Hall–Kier alpha value is -3.28. The average Bonchev–Trinajstić information content (AvgIpc) is 2.52. The fourth-order valence-electron chi connectivity index (χ4n) is 1.75. The van der Waals surface area contributed by atoms with Crippen LogP contribution in [0.1, 0.15) is 5.56 Å². The van der Waals surface area contributed by atoms with Crippen molar-refractivity contribution in [3.63, 3.8) is 0 Å². The summed E-state index contributed by atoms with van der Waals surface area (Å²) in [6, 6.07) is 14.4. The molecule has 2 rings (SSSR count). The van der Waals surface area contributed by atoms with Gasteiger partial charge < -0.3 is 10.4 Å². The van der Waals surface area contributed by atoms with Crippen molar-refractivity contribution in [3.05, 3.63) is 66.2 Å². The Morgan fingerprint density at radius 2 is 1.70 bits per heavy atom. The second kappa shape index (κ2) is 7.65. The molecule has 6 heteroatoms. The van der Waals surface area contributed by atoms with Crippen molar-refractivity contribution in [3.8, 4) is 0 Å². The number of carbonyl (C=O) groups is 2. The van der Waals surface area contributed by atoms with Crippen molar-refractivity contribution in [2.24, 2.45) is 10.2 Å². The number of carbonyl (C=O) groups excluding carboxylic acids is 1. The number of azo groups is 1. The molecule has 0 spiro atoms. The zero-order valence-corrected chi connectivity index (χ0v) is 12.4. The topological polar surface area (TPSA) is 91.1 Å². The smallest absolute Gasteiger partial charge is 0.328 e. The van der Waals surface area contributed by atoms with Gasteiger partial charge in [-0.15, -0.1) is 0 Å². The molecular weight excluding hydrogens is 294 g/mol. The molecule has 6 nitrogen and oxygen atoms in total. The van der Waals surface area contributed by atoms with E-state index in [9.17, 15) is 9.59 Å². The first-order valence-corrected chi connectivity index (χ1v) is 6.83. The number of carboxylic acid groups (broad SMARTS) is 1. The lowest BCUT2D eigenvalue weighted by atomic mass is 10.2. The molecule has 0 fully saturated rings. The molecule has 116 valence electrons. The highest BCUT2D eigenvalue weighted by atomic mass is 16.4. The molecule has 0 unspecified atom stereocenters. The normalized spacial score (nSPS) is 11.0. The van der Waals surface area contributed by atoms with Gasteiger partial charge in [-0.2, -0.15) is 10.2 Å². The van der Waals surface area contributed by atoms with Crippen LogP contribution in [0.15, 0.2) is 70.9 Å². The maximum absolute atomic E-state index is 11.4. The predicted molar refractivity (Wildman–Crippen MR) is 87.2 cm³/mol. The molecule has 0 heterocycles. The van der Waals surface area contributed by atoms with E-state index in [2.05, 4.69) is 15.5 Å². The van der Waals surface area contributed by atoms with E-state index in [1.54, 1.807) is 24.3 Å². The van der Waals surface area contributed by atoms with E-state index in [1.807, 2.05) is 31.2 Å². The van der Waals surface area contributed by atoms with Crippen molar-refractivity contribution >= 4 is 28.9 Å². The van der Waals surface area contributed by atoms with Gasteiger partial charge in [-0.25, -0.2) is 4.79 Å². The van der Waals surface area contributed by atoms with Gasteiger partial charge in [-0.05, 0) is 48.9 Å². The Morgan fingerprint density at radius 3 is 2.35 bits per heavy atom. The van der Waals surface area contributed by atoms with Crippen LogP contribution in [0.5, 0.6) is 0 Å². The summed E-state index contributed by atoms with van der Waals surface area (Å²) in [7, 11) is 0. The van der Waals surface area contributed by atoms with E-state index in [-0.39, 0.29) is 0 Å². The van der Waals surface area contributed by atoms with Crippen LogP contribution < -0.4 is 5.32 Å². The van der Waals surface area contributed by atoms with Crippen LogP contribution >= 0.6 is 0 Å². The van der Waals surface area contributed by atoms with Gasteiger partial charge in [-0.1, -0.05) is 12.1 Å². The Morgan fingerprint density at radius 1 is 1.00 bits per heavy atom. The fourth-order valence-corrected chi connectivity index (χ4v) is 1.75. The third-order valence-electron chi connectivity index (χ3n) is 2.79. The van der Waals surface area contributed by atoms with Crippen LogP contribution in [0.3, 0.4) is 0 Å². The summed E-state index contributed by atoms with van der Waals surface area (Å²) in [5.41, 5.74) is 3.06. The van der Waals surface area contributed by atoms with Crippen molar-refractivity contribution in [1.82, 2.24) is 0 Å². The van der Waals surface area contributed by atoms with Gasteiger partial charge in [0.1, 0.15) is 0 Å². The molecule has 2 aromatic carbocycles. The monoisotopic (exact) mass is 309 g/mol. The SMILES string of the molecule is Cc1cccc(N=Nc2ccc(NC(=O)/C=C/C(=O)O)cc2)c1. The number of hydrogen-bond acceptors (Lipinski definition) is 4. The van der Waals surface area contributed by atoms with Crippen LogP contribution in [-0.4, -0.2) is 17.0 Å². The highest BCUT2D eigenvalue weighted by molar-refractivity contribution is 6.02. The summed E-state index contributed by atoms with van der Waals surface area (Å²) >= 11 is 0. The third-order valence-corrected chi connectivity index (χ3v) is 2.79. The Kier molecular flexibility index (Phi) is 5.35. The van der Waals surface area contributed by atoms with Crippen LogP contribution in [0.4, 0.5) is 17.1 Å². The minimum Gasteiger partial charge on any atom is -0.478 e. The zero-order valence-electron chi connectivity index (χ0n) is 12.4. The van der Waals surface area contributed by atoms with E-state index in [1.165, 1.54) is 0 Å². The van der Waals surface area contributed by atoms with E-state index in [4.69, 9.17) is 5.11 Å². The number of hydrogen-bond donors (Lipinski definition) is 2. The van der Waals surface area contributed by atoms with Crippen molar-refractivity contribution < 1.29 is 14.7 Å². The Labute approximate surface area is 133 Å². The first kappa shape index (κ1) is 16.1. The summed E-state index contributed by atoms with van der Waals surface area (Å²) in [6.45, 7) is 1.98. The molecule has 0 aliphatic heterocycles. The van der Waals surface area contributed by atoms with Gasteiger partial charge in [0.15, 0.2) is 0 Å². The number of anilines is 1. The number of amides is 1. The number of aryl methyl sites for hydroxylation is 1. The highest BCUT2D eigenvalue weighted by Crippen LogP contribution is 2.20. The third kappa shape index (κ3) is 5.55. The lowest BCUT2D eigenvalue weighted by molar-refractivity contribution is -0.131. The Bertz CT molecular complexity index is 765. The fraction of sp³-hybridized carbons (Fsp3) is 0.0588. The number of rotatable bonds is 5.